The Morgan fingerprint density at radius 2 is 2.06 bits per heavy atom. The van der Waals surface area contributed by atoms with Crippen LogP contribution in [0.3, 0.4) is 0 Å². The van der Waals surface area contributed by atoms with Gasteiger partial charge in [0.25, 0.3) is 0 Å². The highest BCUT2D eigenvalue weighted by Crippen LogP contribution is 2.35. The molecular weight excluding hydrogens is 492 g/mol. The van der Waals surface area contributed by atoms with E-state index in [1.54, 1.807) is 12.3 Å². The summed E-state index contributed by atoms with van der Waals surface area (Å²) in [5, 5.41) is 37.1. The molecule has 7 nitrogen and oxygen atoms in total. The summed E-state index contributed by atoms with van der Waals surface area (Å²) in [7, 11) is 0. The van der Waals surface area contributed by atoms with Crippen molar-refractivity contribution in [2.45, 2.75) is 29.8 Å². The number of hydrogen-bond donors (Lipinski definition) is 6. The molecule has 1 saturated heterocycles. The van der Waals surface area contributed by atoms with E-state index in [1.807, 2.05) is 0 Å². The van der Waals surface area contributed by atoms with Crippen LogP contribution in [0.4, 0.5) is 4.39 Å². The Hall–Kier alpha value is -1.17. The van der Waals surface area contributed by atoms with Gasteiger partial charge in [-0.1, -0.05) is 46.6 Å². The molecule has 0 amide bonds. The molecule has 2 heterocycles. The SMILES string of the molecule is N/C(=C\NC1C(O)C(CO)OC(SC2=CNCC(Cl)=C2)C1O)c1cc(F)c(Cl)c(Cl)c1. The van der Waals surface area contributed by atoms with E-state index in [4.69, 9.17) is 45.3 Å². The summed E-state index contributed by atoms with van der Waals surface area (Å²) in [6.45, 7) is 0.0372. The highest BCUT2D eigenvalue weighted by molar-refractivity contribution is 8.03. The zero-order valence-electron chi connectivity index (χ0n) is 15.9. The maximum Gasteiger partial charge on any atom is 0.143 e. The third-order valence-corrected chi connectivity index (χ3v) is 6.85. The van der Waals surface area contributed by atoms with Crippen molar-refractivity contribution < 1.29 is 24.4 Å². The summed E-state index contributed by atoms with van der Waals surface area (Å²) in [6, 6.07) is 1.57. The summed E-state index contributed by atoms with van der Waals surface area (Å²) >= 11 is 18.8. The average molecular weight is 513 g/mol. The zero-order chi connectivity index (χ0) is 22.7. The lowest BCUT2D eigenvalue weighted by molar-refractivity contribution is -0.164. The predicted octanol–water partition coefficient (Wildman–Crippen LogP) is 2.09. The van der Waals surface area contributed by atoms with Gasteiger partial charge in [-0.15, -0.1) is 0 Å². The molecule has 5 atom stereocenters. The molecule has 0 aliphatic carbocycles. The normalized spacial score (nSPS) is 29.1. The average Bonchev–Trinajstić information content (AvgIpc) is 2.73. The van der Waals surface area contributed by atoms with Crippen LogP contribution in [0.25, 0.3) is 5.70 Å². The Morgan fingerprint density at radius 3 is 2.71 bits per heavy atom. The van der Waals surface area contributed by atoms with Gasteiger partial charge in [0.1, 0.15) is 29.6 Å². The Balaban J connectivity index is 1.78. The summed E-state index contributed by atoms with van der Waals surface area (Å²) in [6.07, 6.45) is 1.39. The first-order chi connectivity index (χ1) is 14.7. The lowest BCUT2D eigenvalue weighted by Gasteiger charge is -2.42. The van der Waals surface area contributed by atoms with Gasteiger partial charge in [-0.3, -0.25) is 0 Å². The smallest absolute Gasteiger partial charge is 0.143 e. The summed E-state index contributed by atoms with van der Waals surface area (Å²) in [5.74, 6) is -0.732. The second-order valence-electron chi connectivity index (χ2n) is 6.89. The molecule has 1 aromatic rings. The first-order valence-corrected chi connectivity index (χ1v) is 11.2. The van der Waals surface area contributed by atoms with Crippen LogP contribution < -0.4 is 16.4 Å². The Bertz CT molecular complexity index is 894. The minimum atomic E-state index is -1.25. The first kappa shape index (κ1) is 24.5. The molecule has 0 spiro atoms. The lowest BCUT2D eigenvalue weighted by atomic mass is 9.97. The maximum absolute atomic E-state index is 13.8. The molecule has 0 radical (unpaired) electrons. The van der Waals surface area contributed by atoms with Crippen LogP contribution in [0.15, 0.2) is 40.5 Å². The van der Waals surface area contributed by atoms with Crippen LogP contribution in [0.2, 0.25) is 10.0 Å². The Labute approximate surface area is 197 Å². The summed E-state index contributed by atoms with van der Waals surface area (Å²) in [4.78, 5) is 0.716. The third kappa shape index (κ3) is 5.80. The van der Waals surface area contributed by atoms with Crippen LogP contribution in [0, 0.1) is 5.82 Å². The zero-order valence-corrected chi connectivity index (χ0v) is 19.0. The molecule has 3 rings (SSSR count). The number of aliphatic hydroxyl groups excluding tert-OH is 3. The molecule has 2 aliphatic rings. The van der Waals surface area contributed by atoms with Crippen molar-refractivity contribution in [3.05, 3.63) is 62.0 Å². The van der Waals surface area contributed by atoms with Crippen LogP contribution in [0.1, 0.15) is 5.56 Å². The number of ether oxygens (including phenoxy) is 1. The van der Waals surface area contributed by atoms with Crippen molar-refractivity contribution in [1.29, 1.82) is 0 Å². The number of dihydropyridines is 1. The maximum atomic E-state index is 13.8. The molecule has 0 aromatic heterocycles. The van der Waals surface area contributed by atoms with Crippen molar-refractivity contribution in [1.82, 2.24) is 10.6 Å². The lowest BCUT2D eigenvalue weighted by Crippen LogP contribution is -2.62. The van der Waals surface area contributed by atoms with E-state index in [9.17, 15) is 19.7 Å². The second kappa shape index (κ2) is 10.6. The van der Waals surface area contributed by atoms with Crippen LogP contribution in [-0.2, 0) is 4.74 Å². The van der Waals surface area contributed by atoms with Crippen molar-refractivity contribution in [2.75, 3.05) is 13.2 Å². The summed E-state index contributed by atoms with van der Waals surface area (Å²) in [5.41, 5.74) is 5.54. The van der Waals surface area contributed by atoms with Gasteiger partial charge in [0.2, 0.25) is 0 Å². The number of thioether (sulfide) groups is 1. The molecule has 2 aliphatic heterocycles. The van der Waals surface area contributed by atoms with E-state index < -0.39 is 42.2 Å². The molecule has 12 heteroatoms. The molecular formula is C19H21Cl3FN3O4S. The quantitative estimate of drug-likeness (QED) is 0.321. The van der Waals surface area contributed by atoms with E-state index in [2.05, 4.69) is 10.6 Å². The molecule has 0 bridgehead atoms. The molecule has 0 saturated carbocycles. The topological polar surface area (TPSA) is 120 Å². The fourth-order valence-corrected chi connectivity index (χ4v) is 4.78. The molecule has 7 N–H and O–H groups in total. The van der Waals surface area contributed by atoms with Crippen molar-refractivity contribution in [3.63, 3.8) is 0 Å². The Kier molecular flexibility index (Phi) is 8.39. The van der Waals surface area contributed by atoms with Gasteiger partial charge in [-0.05, 0) is 18.2 Å². The number of halogens is 4. The van der Waals surface area contributed by atoms with Crippen molar-refractivity contribution in [2.24, 2.45) is 5.73 Å². The van der Waals surface area contributed by atoms with Crippen molar-refractivity contribution in [3.8, 4) is 0 Å². The van der Waals surface area contributed by atoms with Crippen LogP contribution in [0.5, 0.6) is 0 Å². The predicted molar refractivity (Wildman–Crippen MR) is 121 cm³/mol. The molecule has 170 valence electrons. The number of nitrogens with one attached hydrogen (secondary N) is 2. The van der Waals surface area contributed by atoms with E-state index in [-0.39, 0.29) is 21.3 Å². The number of hydrogen-bond acceptors (Lipinski definition) is 8. The van der Waals surface area contributed by atoms with Gasteiger partial charge in [0.15, 0.2) is 0 Å². The highest BCUT2D eigenvalue weighted by Gasteiger charge is 2.44. The molecule has 1 aromatic carbocycles. The van der Waals surface area contributed by atoms with Crippen molar-refractivity contribution >= 4 is 52.3 Å². The minimum absolute atomic E-state index is 0.00274. The van der Waals surface area contributed by atoms with Gasteiger partial charge >= 0.3 is 0 Å². The van der Waals surface area contributed by atoms with Gasteiger partial charge in [0.05, 0.1) is 34.9 Å². The van der Waals surface area contributed by atoms with Crippen LogP contribution in [-0.4, -0.2) is 58.3 Å². The standard InChI is InChI=1S/C19H21Cl3FN3O4S/c20-9-3-10(5-25-4-9)31-19-18(29)16(17(28)14(7-27)30-19)26-6-13(24)8-1-11(21)15(22)12(23)2-8/h1-3,5-6,14,16-19,25-29H,4,7,24H2/b13-6-. The number of benzene rings is 1. The van der Waals surface area contributed by atoms with Gasteiger partial charge < -0.3 is 36.4 Å². The van der Waals surface area contributed by atoms with E-state index in [0.717, 1.165) is 6.07 Å². The number of rotatable bonds is 6. The monoisotopic (exact) mass is 511 g/mol. The Morgan fingerprint density at radius 1 is 1.32 bits per heavy atom. The minimum Gasteiger partial charge on any atom is -0.397 e. The third-order valence-electron chi connectivity index (χ3n) is 4.70. The van der Waals surface area contributed by atoms with Gasteiger partial charge in [-0.25, -0.2) is 4.39 Å². The number of allylic oxidation sites excluding steroid dienone is 1. The molecule has 1 fully saturated rings. The molecule has 31 heavy (non-hydrogen) atoms. The van der Waals surface area contributed by atoms with E-state index in [1.165, 1.54) is 24.0 Å². The largest absolute Gasteiger partial charge is 0.397 e. The fourth-order valence-electron chi connectivity index (χ4n) is 3.07. The molecule has 5 unspecified atom stereocenters. The highest BCUT2D eigenvalue weighted by atomic mass is 35.5. The number of aliphatic hydroxyl groups is 3. The van der Waals surface area contributed by atoms with Gasteiger partial charge in [-0.2, -0.15) is 0 Å². The summed E-state index contributed by atoms with van der Waals surface area (Å²) < 4.78 is 19.5. The van der Waals surface area contributed by atoms with E-state index >= 15 is 0 Å². The van der Waals surface area contributed by atoms with Gasteiger partial charge in [0, 0.05) is 27.9 Å². The second-order valence-corrected chi connectivity index (χ2v) is 9.33. The number of nitrogens with two attached hydrogens (primary N) is 1. The fraction of sp³-hybridized carbons (Fsp3) is 0.368. The first-order valence-electron chi connectivity index (χ1n) is 9.16. The van der Waals surface area contributed by atoms with Crippen LogP contribution >= 0.6 is 46.6 Å². The van der Waals surface area contributed by atoms with E-state index in [0.29, 0.717) is 16.5 Å².